The molecule has 0 aliphatic heterocycles. The van der Waals surface area contributed by atoms with Gasteiger partial charge in [-0.1, -0.05) is 24.6 Å². The summed E-state index contributed by atoms with van der Waals surface area (Å²) in [5.41, 5.74) is 1.74. The Morgan fingerprint density at radius 2 is 1.89 bits per heavy atom. The summed E-state index contributed by atoms with van der Waals surface area (Å²) in [6.07, 6.45) is 0.849. The van der Waals surface area contributed by atoms with Gasteiger partial charge < -0.3 is 10.4 Å². The van der Waals surface area contributed by atoms with Crippen molar-refractivity contribution in [2.45, 2.75) is 25.1 Å². The SMILES string of the molecule is CC[C@](NC(=O)O)(SC)C(=O)Nc1ccc(C)cc1. The Hall–Kier alpha value is -1.69. The fourth-order valence-corrected chi connectivity index (χ4v) is 2.35. The number of hydrogen-bond donors (Lipinski definition) is 3. The Balaban J connectivity index is 2.88. The number of carbonyl (C=O) groups is 2. The van der Waals surface area contributed by atoms with Crippen LogP contribution in [-0.2, 0) is 4.79 Å². The standard InChI is InChI=1S/C13H18N2O3S/c1-4-13(19-3,15-12(17)18)11(16)14-10-7-5-9(2)6-8-10/h5-8,15H,4H2,1-3H3,(H,14,16)(H,17,18)/t13-/m0/s1. The number of hydrogen-bond acceptors (Lipinski definition) is 3. The average molecular weight is 282 g/mol. The summed E-state index contributed by atoms with van der Waals surface area (Å²) in [5, 5.41) is 13.9. The van der Waals surface area contributed by atoms with E-state index in [0.29, 0.717) is 12.1 Å². The van der Waals surface area contributed by atoms with Gasteiger partial charge in [0.05, 0.1) is 0 Å². The predicted octanol–water partition coefficient (Wildman–Crippen LogP) is 2.67. The molecule has 5 nitrogen and oxygen atoms in total. The van der Waals surface area contributed by atoms with Crippen molar-refractivity contribution < 1.29 is 14.7 Å². The zero-order chi connectivity index (χ0) is 14.5. The van der Waals surface area contributed by atoms with Crippen LogP contribution in [0.3, 0.4) is 0 Å². The molecule has 104 valence electrons. The number of nitrogens with one attached hydrogen (secondary N) is 2. The van der Waals surface area contributed by atoms with Crippen LogP contribution in [0.25, 0.3) is 0 Å². The molecule has 3 N–H and O–H groups in total. The van der Waals surface area contributed by atoms with Crippen molar-refractivity contribution in [3.05, 3.63) is 29.8 Å². The van der Waals surface area contributed by atoms with Crippen molar-refractivity contribution in [2.24, 2.45) is 0 Å². The Bertz CT molecular complexity index is 455. The average Bonchev–Trinajstić information content (AvgIpc) is 2.38. The summed E-state index contributed by atoms with van der Waals surface area (Å²) in [6, 6.07) is 7.34. The van der Waals surface area contributed by atoms with Crippen LogP contribution in [-0.4, -0.2) is 28.2 Å². The largest absolute Gasteiger partial charge is 0.465 e. The van der Waals surface area contributed by atoms with Crippen LogP contribution >= 0.6 is 11.8 Å². The van der Waals surface area contributed by atoms with Crippen LogP contribution in [0.2, 0.25) is 0 Å². The minimum absolute atomic E-state index is 0.359. The van der Waals surface area contributed by atoms with Crippen molar-refractivity contribution in [3.8, 4) is 0 Å². The van der Waals surface area contributed by atoms with E-state index in [1.807, 2.05) is 19.1 Å². The highest BCUT2D eigenvalue weighted by Gasteiger charge is 2.37. The molecule has 0 saturated carbocycles. The molecule has 6 heteroatoms. The molecule has 0 spiro atoms. The minimum Gasteiger partial charge on any atom is -0.465 e. The van der Waals surface area contributed by atoms with Crippen molar-refractivity contribution in [1.82, 2.24) is 5.32 Å². The van der Waals surface area contributed by atoms with E-state index in [9.17, 15) is 9.59 Å². The molecule has 0 unspecified atom stereocenters. The van der Waals surface area contributed by atoms with Crippen molar-refractivity contribution in [3.63, 3.8) is 0 Å². The van der Waals surface area contributed by atoms with Gasteiger partial charge in [0.2, 0.25) is 0 Å². The van der Waals surface area contributed by atoms with Gasteiger partial charge in [-0.05, 0) is 31.7 Å². The van der Waals surface area contributed by atoms with Crippen molar-refractivity contribution in [1.29, 1.82) is 0 Å². The number of aryl methyl sites for hydroxylation is 1. The Labute approximate surface area is 116 Å². The maximum atomic E-state index is 12.3. The number of rotatable bonds is 5. The van der Waals surface area contributed by atoms with Crippen molar-refractivity contribution >= 4 is 29.4 Å². The third-order valence-corrected chi connectivity index (χ3v) is 4.10. The predicted molar refractivity (Wildman–Crippen MR) is 77.5 cm³/mol. The maximum absolute atomic E-state index is 12.3. The molecular formula is C13H18N2O3S. The molecule has 0 radical (unpaired) electrons. The van der Waals surface area contributed by atoms with Gasteiger partial charge in [0.25, 0.3) is 5.91 Å². The van der Waals surface area contributed by atoms with Gasteiger partial charge >= 0.3 is 6.09 Å². The number of carboxylic acid groups (broad SMARTS) is 1. The fraction of sp³-hybridized carbons (Fsp3) is 0.385. The van der Waals surface area contributed by atoms with E-state index >= 15 is 0 Å². The van der Waals surface area contributed by atoms with Crippen LogP contribution in [0.4, 0.5) is 10.5 Å². The lowest BCUT2D eigenvalue weighted by Gasteiger charge is -2.29. The smallest absolute Gasteiger partial charge is 0.406 e. The van der Waals surface area contributed by atoms with E-state index in [1.165, 1.54) is 11.8 Å². The molecular weight excluding hydrogens is 264 g/mol. The zero-order valence-corrected chi connectivity index (χ0v) is 12.0. The Morgan fingerprint density at radius 3 is 2.32 bits per heavy atom. The van der Waals surface area contributed by atoms with Crippen LogP contribution in [0, 0.1) is 6.92 Å². The van der Waals surface area contributed by atoms with E-state index in [-0.39, 0.29) is 5.91 Å². The van der Waals surface area contributed by atoms with E-state index in [4.69, 9.17) is 5.11 Å². The molecule has 2 amide bonds. The normalized spacial score (nSPS) is 13.4. The number of amides is 2. The van der Waals surface area contributed by atoms with Gasteiger partial charge in [0.15, 0.2) is 4.87 Å². The van der Waals surface area contributed by atoms with Gasteiger partial charge in [-0.25, -0.2) is 4.79 Å². The van der Waals surface area contributed by atoms with Gasteiger partial charge in [-0.15, -0.1) is 11.8 Å². The molecule has 0 fully saturated rings. The molecule has 0 aliphatic rings. The molecule has 0 bridgehead atoms. The first-order valence-electron chi connectivity index (χ1n) is 5.88. The molecule has 19 heavy (non-hydrogen) atoms. The molecule has 1 atom stereocenters. The summed E-state index contributed by atoms with van der Waals surface area (Å²) in [6.45, 7) is 3.72. The molecule has 0 heterocycles. The summed E-state index contributed by atoms with van der Waals surface area (Å²) >= 11 is 1.17. The second-order valence-electron chi connectivity index (χ2n) is 4.13. The summed E-state index contributed by atoms with van der Waals surface area (Å²) in [5.74, 6) is -0.367. The first kappa shape index (κ1) is 15.4. The van der Waals surface area contributed by atoms with E-state index in [0.717, 1.165) is 5.56 Å². The molecule has 1 aromatic carbocycles. The zero-order valence-electron chi connectivity index (χ0n) is 11.2. The highest BCUT2D eigenvalue weighted by molar-refractivity contribution is 8.00. The van der Waals surface area contributed by atoms with Crippen LogP contribution < -0.4 is 10.6 Å². The third-order valence-electron chi connectivity index (χ3n) is 2.83. The van der Waals surface area contributed by atoms with Crippen LogP contribution in [0.15, 0.2) is 24.3 Å². The maximum Gasteiger partial charge on any atom is 0.406 e. The summed E-state index contributed by atoms with van der Waals surface area (Å²) < 4.78 is 0. The van der Waals surface area contributed by atoms with Gasteiger partial charge in [-0.3, -0.25) is 10.1 Å². The van der Waals surface area contributed by atoms with E-state index < -0.39 is 11.0 Å². The molecule has 0 aromatic heterocycles. The van der Waals surface area contributed by atoms with Gasteiger partial charge in [-0.2, -0.15) is 0 Å². The topological polar surface area (TPSA) is 78.4 Å². The molecule has 1 rings (SSSR count). The number of thioether (sulfide) groups is 1. The lowest BCUT2D eigenvalue weighted by atomic mass is 10.2. The first-order chi connectivity index (χ1) is 8.93. The van der Waals surface area contributed by atoms with Crippen LogP contribution in [0.5, 0.6) is 0 Å². The molecule has 0 aliphatic carbocycles. The second-order valence-corrected chi connectivity index (χ2v) is 5.24. The van der Waals surface area contributed by atoms with E-state index in [1.54, 1.807) is 25.3 Å². The van der Waals surface area contributed by atoms with E-state index in [2.05, 4.69) is 10.6 Å². The highest BCUT2D eigenvalue weighted by Crippen LogP contribution is 2.25. The van der Waals surface area contributed by atoms with Crippen LogP contribution in [0.1, 0.15) is 18.9 Å². The lowest BCUT2D eigenvalue weighted by molar-refractivity contribution is -0.119. The molecule has 1 aromatic rings. The minimum atomic E-state index is -1.21. The number of carbonyl (C=O) groups excluding carboxylic acids is 1. The monoisotopic (exact) mass is 282 g/mol. The third kappa shape index (κ3) is 3.89. The fourth-order valence-electron chi connectivity index (χ4n) is 1.64. The van der Waals surface area contributed by atoms with Crippen molar-refractivity contribution in [2.75, 3.05) is 11.6 Å². The molecule has 0 saturated heterocycles. The summed E-state index contributed by atoms with van der Waals surface area (Å²) in [4.78, 5) is 21.9. The highest BCUT2D eigenvalue weighted by atomic mass is 32.2. The Morgan fingerprint density at radius 1 is 1.32 bits per heavy atom. The number of benzene rings is 1. The number of anilines is 1. The van der Waals surface area contributed by atoms with Gasteiger partial charge in [0, 0.05) is 5.69 Å². The summed E-state index contributed by atoms with van der Waals surface area (Å²) in [7, 11) is 0. The Kier molecular flexibility index (Phi) is 5.23. The quantitative estimate of drug-likeness (QED) is 0.725. The van der Waals surface area contributed by atoms with Gasteiger partial charge in [0.1, 0.15) is 0 Å². The second kappa shape index (κ2) is 6.47. The lowest BCUT2D eigenvalue weighted by Crippen LogP contribution is -2.53. The first-order valence-corrected chi connectivity index (χ1v) is 7.10.